The third-order valence-corrected chi connectivity index (χ3v) is 5.25. The Bertz CT molecular complexity index is 521. The van der Waals surface area contributed by atoms with Crippen molar-refractivity contribution < 1.29 is 12.8 Å². The Labute approximate surface area is 108 Å². The second-order valence-electron chi connectivity index (χ2n) is 4.93. The molecule has 1 unspecified atom stereocenters. The van der Waals surface area contributed by atoms with Gasteiger partial charge in [0.25, 0.3) is 0 Å². The fraction of sp³-hybridized carbons (Fsp3) is 0.667. The lowest BCUT2D eigenvalue weighted by atomic mass is 10.2. The van der Waals surface area contributed by atoms with Crippen molar-refractivity contribution in [1.82, 2.24) is 4.90 Å². The molecule has 0 radical (unpaired) electrons. The largest absolute Gasteiger partial charge is 0.465 e. The lowest BCUT2D eigenvalue weighted by Crippen LogP contribution is -2.46. The van der Waals surface area contributed by atoms with E-state index in [1.165, 1.54) is 0 Å². The minimum absolute atomic E-state index is 0.0550. The fourth-order valence-corrected chi connectivity index (χ4v) is 3.96. The van der Waals surface area contributed by atoms with Crippen molar-refractivity contribution in [3.05, 3.63) is 23.2 Å². The highest BCUT2D eigenvalue weighted by molar-refractivity contribution is 7.91. The van der Waals surface area contributed by atoms with Gasteiger partial charge in [-0.2, -0.15) is 0 Å². The molecule has 2 heterocycles. The molecule has 2 N–H and O–H groups in total. The minimum Gasteiger partial charge on any atom is -0.465 e. The number of furan rings is 1. The molecule has 1 atom stereocenters. The van der Waals surface area contributed by atoms with Crippen LogP contribution in [0.25, 0.3) is 0 Å². The maximum Gasteiger partial charge on any atom is 0.153 e. The first-order valence-electron chi connectivity index (χ1n) is 6.14. The van der Waals surface area contributed by atoms with Crippen molar-refractivity contribution in [2.24, 2.45) is 5.73 Å². The van der Waals surface area contributed by atoms with Crippen LogP contribution in [0.1, 0.15) is 24.0 Å². The maximum absolute atomic E-state index is 11.5. The fourth-order valence-electron chi connectivity index (χ4n) is 2.33. The summed E-state index contributed by atoms with van der Waals surface area (Å²) in [5.74, 6) is 2.14. The molecule has 1 saturated heterocycles. The molecule has 0 aromatic carbocycles. The normalized spacial score (nSPS) is 24.3. The van der Waals surface area contributed by atoms with Crippen molar-refractivity contribution in [1.29, 1.82) is 0 Å². The first kappa shape index (κ1) is 13.6. The van der Waals surface area contributed by atoms with Crippen LogP contribution in [0.15, 0.2) is 10.5 Å². The second kappa shape index (κ2) is 5.03. The zero-order valence-electron chi connectivity index (χ0n) is 10.8. The van der Waals surface area contributed by atoms with Gasteiger partial charge in [0.2, 0.25) is 0 Å². The van der Waals surface area contributed by atoms with Gasteiger partial charge >= 0.3 is 0 Å². The lowest BCUT2D eigenvalue weighted by molar-refractivity contribution is 0.217. The molecule has 0 amide bonds. The number of nitrogens with zero attached hydrogens (tertiary/aromatic N) is 1. The van der Waals surface area contributed by atoms with Gasteiger partial charge in [0.15, 0.2) is 9.84 Å². The van der Waals surface area contributed by atoms with E-state index in [4.69, 9.17) is 10.2 Å². The van der Waals surface area contributed by atoms with E-state index in [-0.39, 0.29) is 17.5 Å². The van der Waals surface area contributed by atoms with Crippen LogP contribution in [0, 0.1) is 6.92 Å². The summed E-state index contributed by atoms with van der Waals surface area (Å²) in [4.78, 5) is 2.18. The summed E-state index contributed by atoms with van der Waals surface area (Å²) >= 11 is 0. The van der Waals surface area contributed by atoms with E-state index in [1.54, 1.807) is 0 Å². The molecule has 0 aliphatic carbocycles. The summed E-state index contributed by atoms with van der Waals surface area (Å²) in [6, 6.07) is 2.02. The van der Waals surface area contributed by atoms with E-state index in [2.05, 4.69) is 4.90 Å². The van der Waals surface area contributed by atoms with Crippen molar-refractivity contribution in [2.75, 3.05) is 18.1 Å². The quantitative estimate of drug-likeness (QED) is 0.875. The van der Waals surface area contributed by atoms with Gasteiger partial charge in [-0.15, -0.1) is 0 Å². The average molecular weight is 272 g/mol. The highest BCUT2D eigenvalue weighted by Crippen LogP contribution is 2.20. The monoisotopic (exact) mass is 272 g/mol. The number of rotatable bonds is 3. The number of sulfone groups is 1. The number of nitrogens with two attached hydrogens (primary N) is 1. The number of hydrogen-bond donors (Lipinski definition) is 1. The van der Waals surface area contributed by atoms with Crippen molar-refractivity contribution in [2.45, 2.75) is 33.0 Å². The van der Waals surface area contributed by atoms with Gasteiger partial charge in [0.1, 0.15) is 11.5 Å². The summed E-state index contributed by atoms with van der Waals surface area (Å²) in [5.41, 5.74) is 6.64. The second-order valence-corrected chi connectivity index (χ2v) is 7.16. The van der Waals surface area contributed by atoms with E-state index in [0.717, 1.165) is 23.6 Å². The van der Waals surface area contributed by atoms with Gasteiger partial charge in [-0.05, 0) is 19.9 Å². The van der Waals surface area contributed by atoms with Crippen molar-refractivity contribution >= 4 is 9.84 Å². The Morgan fingerprint density at radius 3 is 2.83 bits per heavy atom. The summed E-state index contributed by atoms with van der Waals surface area (Å²) in [6.45, 7) is 5.58. The number of aryl methyl sites for hydroxylation is 1. The molecule has 1 aliphatic heterocycles. The van der Waals surface area contributed by atoms with Gasteiger partial charge in [-0.3, -0.25) is 4.90 Å². The van der Waals surface area contributed by atoms with Crippen LogP contribution in [-0.4, -0.2) is 37.4 Å². The van der Waals surface area contributed by atoms with Gasteiger partial charge in [0.05, 0.1) is 18.1 Å². The topological polar surface area (TPSA) is 76.5 Å². The molecular formula is C12H20N2O3S. The highest BCUT2D eigenvalue weighted by atomic mass is 32.2. The Morgan fingerprint density at radius 2 is 2.28 bits per heavy atom. The van der Waals surface area contributed by atoms with E-state index >= 15 is 0 Å². The molecule has 2 rings (SSSR count). The first-order valence-corrected chi connectivity index (χ1v) is 7.96. The zero-order valence-corrected chi connectivity index (χ0v) is 11.7. The van der Waals surface area contributed by atoms with Gasteiger partial charge in [0, 0.05) is 24.7 Å². The molecular weight excluding hydrogens is 252 g/mol. The van der Waals surface area contributed by atoms with E-state index in [9.17, 15) is 8.42 Å². The summed E-state index contributed by atoms with van der Waals surface area (Å²) in [7, 11) is -2.85. The SMILES string of the molecule is Cc1oc(CN)cc1CN1CCS(=O)(=O)CC1C. The predicted molar refractivity (Wildman–Crippen MR) is 69.9 cm³/mol. The van der Waals surface area contributed by atoms with Crippen LogP contribution in [0.3, 0.4) is 0 Å². The predicted octanol–water partition coefficient (Wildman–Crippen LogP) is 0.666. The lowest BCUT2D eigenvalue weighted by Gasteiger charge is -2.32. The summed E-state index contributed by atoms with van der Waals surface area (Å²) in [6.07, 6.45) is 0. The van der Waals surface area contributed by atoms with Crippen LogP contribution in [0.2, 0.25) is 0 Å². The zero-order chi connectivity index (χ0) is 13.3. The Kier molecular flexibility index (Phi) is 3.79. The van der Waals surface area contributed by atoms with E-state index in [0.29, 0.717) is 13.1 Å². The minimum atomic E-state index is -2.85. The molecule has 0 saturated carbocycles. The third-order valence-electron chi connectivity index (χ3n) is 3.45. The smallest absolute Gasteiger partial charge is 0.153 e. The molecule has 5 nitrogen and oxygen atoms in total. The Morgan fingerprint density at radius 1 is 1.56 bits per heavy atom. The van der Waals surface area contributed by atoms with Crippen LogP contribution < -0.4 is 5.73 Å². The Hall–Kier alpha value is -0.850. The standard InChI is InChI=1S/C12H20N2O3S/c1-9-8-18(15,16)4-3-14(9)7-11-5-12(6-13)17-10(11)2/h5,9H,3-4,6-8,13H2,1-2H3. The number of hydrogen-bond acceptors (Lipinski definition) is 5. The third kappa shape index (κ3) is 2.93. The maximum atomic E-state index is 11.5. The van der Waals surface area contributed by atoms with Crippen LogP contribution in [-0.2, 0) is 22.9 Å². The van der Waals surface area contributed by atoms with E-state index < -0.39 is 9.84 Å². The molecule has 1 aromatic rings. The van der Waals surface area contributed by atoms with Crippen molar-refractivity contribution in [3.63, 3.8) is 0 Å². The van der Waals surface area contributed by atoms with Crippen molar-refractivity contribution in [3.8, 4) is 0 Å². The molecule has 1 aromatic heterocycles. The molecule has 0 bridgehead atoms. The van der Waals surface area contributed by atoms with Gasteiger partial charge in [-0.1, -0.05) is 0 Å². The van der Waals surface area contributed by atoms with E-state index in [1.807, 2.05) is 19.9 Å². The van der Waals surface area contributed by atoms with Gasteiger partial charge < -0.3 is 10.2 Å². The molecule has 1 fully saturated rings. The molecule has 6 heteroatoms. The Balaban J connectivity index is 2.07. The first-order chi connectivity index (χ1) is 8.41. The molecule has 18 heavy (non-hydrogen) atoms. The summed E-state index contributed by atoms with van der Waals surface area (Å²) < 4.78 is 28.5. The van der Waals surface area contributed by atoms with Crippen LogP contribution in [0.5, 0.6) is 0 Å². The average Bonchev–Trinajstić information content (AvgIpc) is 2.63. The molecule has 102 valence electrons. The molecule has 1 aliphatic rings. The van der Waals surface area contributed by atoms with Crippen LogP contribution >= 0.6 is 0 Å². The summed E-state index contributed by atoms with van der Waals surface area (Å²) in [5, 5.41) is 0. The van der Waals surface area contributed by atoms with Gasteiger partial charge in [-0.25, -0.2) is 8.42 Å². The van der Waals surface area contributed by atoms with Crippen LogP contribution in [0.4, 0.5) is 0 Å². The highest BCUT2D eigenvalue weighted by Gasteiger charge is 2.28. The molecule has 0 spiro atoms.